The van der Waals surface area contributed by atoms with E-state index in [1.807, 2.05) is 19.9 Å². The highest BCUT2D eigenvalue weighted by Crippen LogP contribution is 2.16. The lowest BCUT2D eigenvalue weighted by molar-refractivity contribution is 0.202. The van der Waals surface area contributed by atoms with Gasteiger partial charge in [-0.15, -0.1) is 0 Å². The fourth-order valence-corrected chi connectivity index (χ4v) is 3.26. The lowest BCUT2D eigenvalue weighted by Gasteiger charge is -2.21. The van der Waals surface area contributed by atoms with Crippen molar-refractivity contribution < 1.29 is 9.32 Å². The zero-order valence-electron chi connectivity index (χ0n) is 15.2. The van der Waals surface area contributed by atoms with E-state index >= 15 is 0 Å². The summed E-state index contributed by atoms with van der Waals surface area (Å²) < 4.78 is 5.16. The molecule has 1 aromatic heterocycles. The first-order valence-corrected chi connectivity index (χ1v) is 8.72. The van der Waals surface area contributed by atoms with Crippen molar-refractivity contribution in [3.8, 4) is 0 Å². The maximum Gasteiger partial charge on any atom is 0.317 e. The summed E-state index contributed by atoms with van der Waals surface area (Å²) in [5.74, 6) is 0.770. The number of carbonyl (C=O) groups excluding carboxylic acids is 1. The summed E-state index contributed by atoms with van der Waals surface area (Å²) in [6, 6.07) is 10.6. The van der Waals surface area contributed by atoms with Crippen molar-refractivity contribution in [1.29, 1.82) is 0 Å². The third kappa shape index (κ3) is 4.39. The van der Waals surface area contributed by atoms with Crippen LogP contribution in [0.1, 0.15) is 29.0 Å². The van der Waals surface area contributed by atoms with Crippen LogP contribution in [0.2, 0.25) is 0 Å². The van der Waals surface area contributed by atoms with Crippen LogP contribution >= 0.6 is 0 Å². The fourth-order valence-electron chi connectivity index (χ4n) is 3.26. The second kappa shape index (κ2) is 7.70. The monoisotopic (exact) mass is 342 g/mol. The van der Waals surface area contributed by atoms with Crippen molar-refractivity contribution >= 4 is 6.03 Å². The molecule has 0 unspecified atom stereocenters. The van der Waals surface area contributed by atoms with Gasteiger partial charge < -0.3 is 14.7 Å². The Bertz CT molecular complexity index is 694. The van der Waals surface area contributed by atoms with Crippen LogP contribution in [-0.4, -0.2) is 47.2 Å². The average Bonchev–Trinajstić information content (AvgIpc) is 3.16. The molecular formula is C19H26N4O2. The van der Waals surface area contributed by atoms with E-state index in [4.69, 9.17) is 4.52 Å². The summed E-state index contributed by atoms with van der Waals surface area (Å²) in [4.78, 5) is 16.5. The van der Waals surface area contributed by atoms with E-state index in [2.05, 4.69) is 39.6 Å². The van der Waals surface area contributed by atoms with Gasteiger partial charge in [-0.2, -0.15) is 0 Å². The third-order valence-electron chi connectivity index (χ3n) is 4.77. The summed E-state index contributed by atoms with van der Waals surface area (Å²) in [7, 11) is 1.80. The van der Waals surface area contributed by atoms with Gasteiger partial charge in [0, 0.05) is 38.3 Å². The molecule has 0 aliphatic carbocycles. The molecule has 1 N–H and O–H groups in total. The molecule has 1 aromatic carbocycles. The Morgan fingerprint density at radius 1 is 1.36 bits per heavy atom. The molecule has 1 aliphatic heterocycles. The molecule has 6 nitrogen and oxygen atoms in total. The number of urea groups is 1. The summed E-state index contributed by atoms with van der Waals surface area (Å²) in [6.45, 7) is 7.11. The van der Waals surface area contributed by atoms with Crippen LogP contribution < -0.4 is 5.32 Å². The Morgan fingerprint density at radius 3 is 2.80 bits per heavy atom. The van der Waals surface area contributed by atoms with Gasteiger partial charge in [-0.25, -0.2) is 4.79 Å². The number of hydrogen-bond acceptors (Lipinski definition) is 4. The van der Waals surface area contributed by atoms with Gasteiger partial charge in [0.05, 0.1) is 12.2 Å². The second-order valence-electron chi connectivity index (χ2n) is 6.81. The lowest BCUT2D eigenvalue weighted by Crippen LogP contribution is -2.44. The van der Waals surface area contributed by atoms with Gasteiger partial charge >= 0.3 is 6.03 Å². The third-order valence-corrected chi connectivity index (χ3v) is 4.77. The Morgan fingerprint density at radius 2 is 2.12 bits per heavy atom. The van der Waals surface area contributed by atoms with Gasteiger partial charge in [0.25, 0.3) is 0 Å². The van der Waals surface area contributed by atoms with E-state index in [-0.39, 0.29) is 12.1 Å². The zero-order valence-corrected chi connectivity index (χ0v) is 15.2. The fraction of sp³-hybridized carbons (Fsp3) is 0.474. The number of benzene rings is 1. The van der Waals surface area contributed by atoms with E-state index in [9.17, 15) is 4.79 Å². The van der Waals surface area contributed by atoms with Gasteiger partial charge in [0.1, 0.15) is 5.76 Å². The minimum atomic E-state index is -0.0495. The van der Waals surface area contributed by atoms with E-state index in [1.54, 1.807) is 11.9 Å². The van der Waals surface area contributed by atoms with Crippen LogP contribution in [-0.2, 0) is 13.1 Å². The predicted molar refractivity (Wildman–Crippen MR) is 96.1 cm³/mol. The summed E-state index contributed by atoms with van der Waals surface area (Å²) in [5, 5.41) is 7.08. The quantitative estimate of drug-likeness (QED) is 0.907. The zero-order chi connectivity index (χ0) is 17.8. The van der Waals surface area contributed by atoms with Crippen LogP contribution in [0, 0.1) is 13.8 Å². The predicted octanol–water partition coefficient (Wildman–Crippen LogP) is 2.71. The van der Waals surface area contributed by atoms with Gasteiger partial charge in [-0.1, -0.05) is 35.5 Å². The Labute approximate surface area is 148 Å². The molecule has 1 saturated heterocycles. The molecule has 134 valence electrons. The molecule has 1 atom stereocenters. The van der Waals surface area contributed by atoms with Crippen molar-refractivity contribution in [2.75, 3.05) is 20.1 Å². The highest BCUT2D eigenvalue weighted by atomic mass is 16.5. The Balaban J connectivity index is 1.48. The largest absolute Gasteiger partial charge is 0.361 e. The first-order valence-electron chi connectivity index (χ1n) is 8.72. The molecule has 1 aliphatic rings. The average molecular weight is 342 g/mol. The van der Waals surface area contributed by atoms with E-state index in [0.717, 1.165) is 43.1 Å². The number of hydrogen-bond donors (Lipinski definition) is 1. The van der Waals surface area contributed by atoms with Gasteiger partial charge in [-0.3, -0.25) is 4.90 Å². The Hall–Kier alpha value is -2.34. The van der Waals surface area contributed by atoms with Crippen LogP contribution in [0.3, 0.4) is 0 Å². The number of aromatic nitrogens is 1. The highest BCUT2D eigenvalue weighted by Gasteiger charge is 2.25. The Kier molecular flexibility index (Phi) is 5.38. The molecular weight excluding hydrogens is 316 g/mol. The van der Waals surface area contributed by atoms with E-state index < -0.39 is 0 Å². The number of aryl methyl sites for hydroxylation is 2. The molecule has 2 aromatic rings. The van der Waals surface area contributed by atoms with Crippen LogP contribution in [0.25, 0.3) is 0 Å². The molecule has 3 rings (SSSR count). The van der Waals surface area contributed by atoms with Crippen LogP contribution in [0.4, 0.5) is 4.79 Å². The molecule has 0 bridgehead atoms. The highest BCUT2D eigenvalue weighted by molar-refractivity contribution is 5.74. The second-order valence-corrected chi connectivity index (χ2v) is 6.81. The number of likely N-dealkylation sites (tertiary alicyclic amines) is 1. The van der Waals surface area contributed by atoms with Crippen molar-refractivity contribution in [1.82, 2.24) is 20.3 Å². The first-order chi connectivity index (χ1) is 12.0. The lowest BCUT2D eigenvalue weighted by atomic mass is 10.2. The van der Waals surface area contributed by atoms with Crippen LogP contribution in [0.15, 0.2) is 34.9 Å². The minimum Gasteiger partial charge on any atom is -0.361 e. The SMILES string of the molecule is Cc1noc(C)c1CN(C)C(=O)N[C@@H]1CCN(Cc2ccccc2)C1. The first kappa shape index (κ1) is 17.5. The van der Waals surface area contributed by atoms with Crippen molar-refractivity contribution in [2.24, 2.45) is 0 Å². The number of amides is 2. The maximum absolute atomic E-state index is 12.5. The van der Waals surface area contributed by atoms with Crippen molar-refractivity contribution in [3.63, 3.8) is 0 Å². The summed E-state index contributed by atoms with van der Waals surface area (Å²) >= 11 is 0. The minimum absolute atomic E-state index is 0.0495. The number of rotatable bonds is 5. The molecule has 1 fully saturated rings. The van der Waals surface area contributed by atoms with Gasteiger partial charge in [0.2, 0.25) is 0 Å². The summed E-state index contributed by atoms with van der Waals surface area (Å²) in [5.41, 5.74) is 3.13. The standard InChI is InChI=1S/C19H26N4O2/c1-14-18(15(2)25-21-14)13-22(3)19(24)20-17-9-10-23(12-17)11-16-7-5-4-6-8-16/h4-8,17H,9-13H2,1-3H3,(H,20,24)/t17-/m1/s1. The molecule has 0 radical (unpaired) electrons. The number of nitrogens with zero attached hydrogens (tertiary/aromatic N) is 3. The normalized spacial score (nSPS) is 17.6. The molecule has 2 heterocycles. The van der Waals surface area contributed by atoms with Crippen molar-refractivity contribution in [3.05, 3.63) is 52.9 Å². The summed E-state index contributed by atoms with van der Waals surface area (Å²) in [6.07, 6.45) is 0.984. The molecule has 6 heteroatoms. The van der Waals surface area contributed by atoms with E-state index in [0.29, 0.717) is 6.54 Å². The van der Waals surface area contributed by atoms with Crippen molar-refractivity contribution in [2.45, 2.75) is 39.4 Å². The topological polar surface area (TPSA) is 61.6 Å². The molecule has 0 saturated carbocycles. The van der Waals surface area contributed by atoms with Gasteiger partial charge in [-0.05, 0) is 25.8 Å². The van der Waals surface area contributed by atoms with Crippen LogP contribution in [0.5, 0.6) is 0 Å². The molecule has 25 heavy (non-hydrogen) atoms. The van der Waals surface area contributed by atoms with Gasteiger partial charge in [0.15, 0.2) is 0 Å². The molecule has 0 spiro atoms. The smallest absolute Gasteiger partial charge is 0.317 e. The van der Waals surface area contributed by atoms with E-state index in [1.165, 1.54) is 5.56 Å². The number of carbonyl (C=O) groups is 1. The molecule has 2 amide bonds. The number of nitrogens with one attached hydrogen (secondary N) is 1. The maximum atomic E-state index is 12.5.